The number of carbonyl (C=O) groups is 2. The summed E-state index contributed by atoms with van der Waals surface area (Å²) in [6, 6.07) is 7.55. The Balaban J connectivity index is 1.33. The van der Waals surface area contributed by atoms with Crippen molar-refractivity contribution in [1.29, 1.82) is 0 Å². The number of carboxylic acids is 1. The second kappa shape index (κ2) is 9.20. The van der Waals surface area contributed by atoms with Crippen molar-refractivity contribution in [2.75, 3.05) is 6.54 Å². The third-order valence-corrected chi connectivity index (χ3v) is 14.2. The van der Waals surface area contributed by atoms with E-state index in [9.17, 15) is 14.7 Å². The summed E-state index contributed by atoms with van der Waals surface area (Å²) in [6.45, 7) is 15.6. The average Bonchev–Trinajstić information content (AvgIpc) is 3.35. The predicted molar refractivity (Wildman–Crippen MR) is 161 cm³/mol. The van der Waals surface area contributed by atoms with E-state index in [4.69, 9.17) is 0 Å². The van der Waals surface area contributed by atoms with Crippen LogP contribution in [0.3, 0.4) is 0 Å². The molecule has 0 bridgehead atoms. The van der Waals surface area contributed by atoms with E-state index >= 15 is 0 Å². The van der Waals surface area contributed by atoms with Crippen LogP contribution in [-0.4, -0.2) is 23.5 Å². The SMILES string of the molecule is CCNC(=O)C12CCCC1C1CCC3C4(C)CC=C(c5ccc(C(=O)O)cc5)C(C)(C)C4CCC3(C)[C@]1(C)CC2. The minimum atomic E-state index is -0.866. The number of fused-ring (bicyclic) bond motifs is 7. The second-order valence-electron chi connectivity index (χ2n) is 15.6. The molecule has 4 heteroatoms. The third-order valence-electron chi connectivity index (χ3n) is 14.2. The molecule has 0 radical (unpaired) electrons. The van der Waals surface area contributed by atoms with Gasteiger partial charge >= 0.3 is 5.97 Å². The summed E-state index contributed by atoms with van der Waals surface area (Å²) in [5.74, 6) is 1.97. The summed E-state index contributed by atoms with van der Waals surface area (Å²) in [5.41, 5.74) is 3.66. The number of hydrogen-bond acceptors (Lipinski definition) is 2. The van der Waals surface area contributed by atoms with E-state index in [1.54, 1.807) is 12.1 Å². The molecule has 4 nitrogen and oxygen atoms in total. The Bertz CT molecular complexity index is 1230. The summed E-state index contributed by atoms with van der Waals surface area (Å²) in [6.07, 6.45) is 14.5. The molecule has 4 saturated carbocycles. The normalized spacial score (nSPS) is 43.4. The van der Waals surface area contributed by atoms with Crippen LogP contribution < -0.4 is 5.32 Å². The molecule has 1 aromatic rings. The van der Waals surface area contributed by atoms with E-state index in [1.165, 1.54) is 56.1 Å². The van der Waals surface area contributed by atoms with Crippen LogP contribution in [0.1, 0.15) is 122 Å². The molecule has 0 spiro atoms. The lowest BCUT2D eigenvalue weighted by Crippen LogP contribution is -2.65. The van der Waals surface area contributed by atoms with Gasteiger partial charge < -0.3 is 10.4 Å². The Morgan fingerprint density at radius 3 is 2.25 bits per heavy atom. The molecular weight excluding hydrogens is 494 g/mol. The van der Waals surface area contributed by atoms with E-state index in [0.717, 1.165) is 25.8 Å². The minimum absolute atomic E-state index is 0.0300. The molecule has 1 aromatic carbocycles. The molecule has 0 aromatic heterocycles. The zero-order valence-electron chi connectivity index (χ0n) is 25.7. The van der Waals surface area contributed by atoms with Gasteiger partial charge in [-0.15, -0.1) is 0 Å². The van der Waals surface area contributed by atoms with Crippen molar-refractivity contribution in [1.82, 2.24) is 5.32 Å². The van der Waals surface area contributed by atoms with Gasteiger partial charge in [-0.3, -0.25) is 4.79 Å². The number of rotatable bonds is 4. The lowest BCUT2D eigenvalue weighted by atomic mass is 9.32. The molecule has 218 valence electrons. The summed E-state index contributed by atoms with van der Waals surface area (Å²) in [5, 5.41) is 12.7. The van der Waals surface area contributed by atoms with Crippen LogP contribution in [0, 0.1) is 50.7 Å². The highest BCUT2D eigenvalue weighted by Gasteiger charge is 2.70. The fraction of sp³-hybridized carbons (Fsp3) is 0.722. The van der Waals surface area contributed by atoms with Crippen LogP contribution in [0.25, 0.3) is 5.57 Å². The highest BCUT2D eigenvalue weighted by Crippen LogP contribution is 2.77. The highest BCUT2D eigenvalue weighted by atomic mass is 16.4. The standard InChI is InChI=1S/C36H51NO3/c1-7-37-31(40)36-18-8-9-27(36)26-14-15-29-33(4)19-16-25(23-10-12-24(13-11-23)30(38)39)32(2,3)28(33)17-20-35(29,6)34(26,5)21-22-36/h10-13,16,26-29H,7-9,14-15,17-22H2,1-6H3,(H,37,40)(H,38,39)/t26?,27?,28?,29?,33?,34-,35?,36?/m1/s1. The van der Waals surface area contributed by atoms with E-state index in [2.05, 4.69) is 52.9 Å². The Kier molecular flexibility index (Phi) is 6.45. The van der Waals surface area contributed by atoms with Gasteiger partial charge in [-0.1, -0.05) is 59.2 Å². The Morgan fingerprint density at radius 2 is 1.57 bits per heavy atom. The summed E-state index contributed by atoms with van der Waals surface area (Å²) in [7, 11) is 0. The Morgan fingerprint density at radius 1 is 0.850 bits per heavy atom. The Labute approximate surface area is 241 Å². The minimum Gasteiger partial charge on any atom is -0.478 e. The van der Waals surface area contributed by atoms with Crippen molar-refractivity contribution < 1.29 is 14.7 Å². The molecule has 8 atom stereocenters. The second-order valence-corrected chi connectivity index (χ2v) is 15.6. The molecule has 7 unspecified atom stereocenters. The Hall–Kier alpha value is -2.10. The number of allylic oxidation sites excluding steroid dienone is 2. The summed E-state index contributed by atoms with van der Waals surface area (Å²) in [4.78, 5) is 24.9. The zero-order valence-corrected chi connectivity index (χ0v) is 25.7. The zero-order chi connectivity index (χ0) is 28.7. The van der Waals surface area contributed by atoms with Crippen molar-refractivity contribution in [3.05, 3.63) is 41.5 Å². The van der Waals surface area contributed by atoms with Gasteiger partial charge in [0, 0.05) is 6.54 Å². The molecule has 4 fully saturated rings. The van der Waals surface area contributed by atoms with Crippen molar-refractivity contribution in [3.8, 4) is 0 Å². The van der Waals surface area contributed by atoms with Crippen LogP contribution >= 0.6 is 0 Å². The van der Waals surface area contributed by atoms with E-state index in [0.29, 0.717) is 40.6 Å². The molecule has 0 saturated heterocycles. The number of nitrogens with one attached hydrogen (secondary N) is 1. The fourth-order valence-electron chi connectivity index (χ4n) is 12.2. The maximum atomic E-state index is 13.5. The van der Waals surface area contributed by atoms with Crippen LogP contribution in [0.4, 0.5) is 0 Å². The quantitative estimate of drug-likeness (QED) is 0.399. The van der Waals surface area contributed by atoms with Gasteiger partial charge in [0.05, 0.1) is 11.0 Å². The van der Waals surface area contributed by atoms with Crippen LogP contribution in [0.2, 0.25) is 0 Å². The molecule has 40 heavy (non-hydrogen) atoms. The highest BCUT2D eigenvalue weighted by molar-refractivity contribution is 5.88. The number of aromatic carboxylic acids is 1. The lowest BCUT2D eigenvalue weighted by Gasteiger charge is -2.72. The number of carboxylic acid groups (broad SMARTS) is 1. The van der Waals surface area contributed by atoms with E-state index in [1.807, 2.05) is 12.1 Å². The number of benzene rings is 1. The topological polar surface area (TPSA) is 66.4 Å². The molecule has 0 heterocycles. The molecule has 1 amide bonds. The van der Waals surface area contributed by atoms with Gasteiger partial charge in [0.25, 0.3) is 0 Å². The van der Waals surface area contributed by atoms with Gasteiger partial charge in [0.15, 0.2) is 0 Å². The fourth-order valence-corrected chi connectivity index (χ4v) is 12.2. The molecular formula is C36H51NO3. The average molecular weight is 546 g/mol. The van der Waals surface area contributed by atoms with Gasteiger partial charge in [0.1, 0.15) is 0 Å². The maximum Gasteiger partial charge on any atom is 0.335 e. The van der Waals surface area contributed by atoms with Crippen molar-refractivity contribution in [2.24, 2.45) is 50.7 Å². The van der Waals surface area contributed by atoms with Gasteiger partial charge in [0.2, 0.25) is 5.91 Å². The number of amides is 1. The molecule has 2 N–H and O–H groups in total. The summed E-state index contributed by atoms with van der Waals surface area (Å²) < 4.78 is 0. The molecule has 5 aliphatic carbocycles. The maximum absolute atomic E-state index is 13.5. The number of carbonyl (C=O) groups excluding carboxylic acids is 1. The van der Waals surface area contributed by atoms with Crippen LogP contribution in [0.5, 0.6) is 0 Å². The van der Waals surface area contributed by atoms with Crippen molar-refractivity contribution in [3.63, 3.8) is 0 Å². The predicted octanol–water partition coefficient (Wildman–Crippen LogP) is 8.37. The van der Waals surface area contributed by atoms with Crippen LogP contribution in [0.15, 0.2) is 30.3 Å². The van der Waals surface area contributed by atoms with Crippen molar-refractivity contribution in [2.45, 2.75) is 106 Å². The first kappa shape index (κ1) is 28.0. The van der Waals surface area contributed by atoms with Crippen molar-refractivity contribution >= 4 is 17.4 Å². The first-order chi connectivity index (χ1) is 18.8. The molecule has 5 aliphatic rings. The molecule has 0 aliphatic heterocycles. The monoisotopic (exact) mass is 545 g/mol. The van der Waals surface area contributed by atoms with E-state index < -0.39 is 5.97 Å². The smallest absolute Gasteiger partial charge is 0.335 e. The first-order valence-corrected chi connectivity index (χ1v) is 16.2. The van der Waals surface area contributed by atoms with Gasteiger partial charge in [-0.2, -0.15) is 0 Å². The van der Waals surface area contributed by atoms with Gasteiger partial charge in [-0.05, 0) is 133 Å². The lowest BCUT2D eigenvalue weighted by molar-refractivity contribution is -0.222. The first-order valence-electron chi connectivity index (χ1n) is 16.2. The molecule has 6 rings (SSSR count). The largest absolute Gasteiger partial charge is 0.478 e. The third kappa shape index (κ3) is 3.56. The van der Waals surface area contributed by atoms with E-state index in [-0.39, 0.29) is 21.7 Å². The summed E-state index contributed by atoms with van der Waals surface area (Å²) >= 11 is 0. The van der Waals surface area contributed by atoms with Crippen LogP contribution in [-0.2, 0) is 4.79 Å². The van der Waals surface area contributed by atoms with Gasteiger partial charge in [-0.25, -0.2) is 4.79 Å². The number of hydrogen-bond donors (Lipinski definition) is 2.